The molecule has 0 fully saturated rings. The first-order valence-electron chi connectivity index (χ1n) is 11.9. The predicted octanol–water partition coefficient (Wildman–Crippen LogP) is 3.45. The zero-order valence-corrected chi connectivity index (χ0v) is 22.9. The molecule has 1 atom stereocenters. The van der Waals surface area contributed by atoms with E-state index in [1.807, 2.05) is 11.8 Å². The SMILES string of the molecule is C=CC(C)N(CCCCCCCC/C=C\CCCCCCCC)CCS(=O)(=O)[O-].[Na+]. The van der Waals surface area contributed by atoms with Crippen LogP contribution in [0, 0.1) is 0 Å². The number of rotatable bonds is 21. The van der Waals surface area contributed by atoms with Crippen molar-refractivity contribution in [2.24, 2.45) is 0 Å². The third kappa shape index (κ3) is 23.0. The zero-order valence-electron chi connectivity index (χ0n) is 20.1. The van der Waals surface area contributed by atoms with Crippen LogP contribution >= 0.6 is 0 Å². The Morgan fingerprint density at radius 1 is 0.833 bits per heavy atom. The molecule has 0 aliphatic heterocycles. The van der Waals surface area contributed by atoms with E-state index in [0.717, 1.165) is 19.4 Å². The fraction of sp³-hybridized carbons (Fsp3) is 0.833. The van der Waals surface area contributed by atoms with E-state index in [1.54, 1.807) is 6.08 Å². The number of nitrogens with zero attached hydrogens (tertiary/aromatic N) is 1. The molecule has 4 nitrogen and oxygen atoms in total. The first-order chi connectivity index (χ1) is 13.9. The van der Waals surface area contributed by atoms with Crippen LogP contribution in [0.2, 0.25) is 0 Å². The Kier molecular flexibility index (Phi) is 24.4. The Bertz CT molecular complexity index is 509. The molecule has 0 rings (SSSR count). The molecule has 0 radical (unpaired) electrons. The second-order valence-electron chi connectivity index (χ2n) is 8.21. The van der Waals surface area contributed by atoms with E-state index in [1.165, 1.54) is 77.0 Å². The topological polar surface area (TPSA) is 60.4 Å². The van der Waals surface area contributed by atoms with Gasteiger partial charge in [0.1, 0.15) is 0 Å². The average molecular weight is 452 g/mol. The molecule has 0 heterocycles. The van der Waals surface area contributed by atoms with Gasteiger partial charge in [-0.25, -0.2) is 8.42 Å². The molecule has 0 saturated heterocycles. The third-order valence-corrected chi connectivity index (χ3v) is 6.19. The van der Waals surface area contributed by atoms with Crippen LogP contribution in [-0.2, 0) is 10.1 Å². The van der Waals surface area contributed by atoms with Gasteiger partial charge in [-0.2, -0.15) is 0 Å². The Balaban J connectivity index is 0. The Hall–Kier alpha value is 0.350. The molecule has 0 spiro atoms. The second kappa shape index (κ2) is 22.5. The van der Waals surface area contributed by atoms with Gasteiger partial charge in [0.15, 0.2) is 0 Å². The van der Waals surface area contributed by atoms with Gasteiger partial charge in [-0.1, -0.05) is 82.9 Å². The van der Waals surface area contributed by atoms with Crippen LogP contribution in [0.25, 0.3) is 0 Å². The van der Waals surface area contributed by atoms with Crippen LogP contribution in [0.4, 0.5) is 0 Å². The Labute approximate surface area is 210 Å². The largest absolute Gasteiger partial charge is 1.00 e. The quantitative estimate of drug-likeness (QED) is 0.116. The molecule has 0 aliphatic carbocycles. The first kappa shape index (κ1) is 32.5. The maximum atomic E-state index is 10.9. The van der Waals surface area contributed by atoms with Crippen molar-refractivity contribution in [1.29, 1.82) is 0 Å². The summed E-state index contributed by atoms with van der Waals surface area (Å²) in [5.74, 6) is -0.322. The van der Waals surface area contributed by atoms with Gasteiger partial charge in [0.05, 0.1) is 15.9 Å². The minimum absolute atomic E-state index is 0. The molecule has 172 valence electrons. The fourth-order valence-electron chi connectivity index (χ4n) is 3.46. The molecule has 0 N–H and O–H groups in total. The summed E-state index contributed by atoms with van der Waals surface area (Å²) < 4.78 is 32.6. The van der Waals surface area contributed by atoms with Gasteiger partial charge in [0.25, 0.3) is 0 Å². The van der Waals surface area contributed by atoms with Gasteiger partial charge in [-0.3, -0.25) is 4.90 Å². The van der Waals surface area contributed by atoms with Crippen LogP contribution in [0.5, 0.6) is 0 Å². The van der Waals surface area contributed by atoms with Gasteiger partial charge in [-0.05, 0) is 45.6 Å². The van der Waals surface area contributed by atoms with E-state index >= 15 is 0 Å². The standard InChI is InChI=1S/C24H47NO3S.Na/c1-4-6-7-8-9-10-11-12-13-14-15-16-17-18-19-20-21-25(24(3)5-2)22-23-29(26,27)28;/h5,12-13,24H,2,4,6-11,14-23H2,1,3H3,(H,26,27,28);/q;+1/p-1/b13-12-;. The number of allylic oxidation sites excluding steroid dienone is 2. The minimum atomic E-state index is -4.15. The van der Waals surface area contributed by atoms with Gasteiger partial charge in [-0.15, -0.1) is 6.58 Å². The molecule has 0 saturated carbocycles. The van der Waals surface area contributed by atoms with Crippen LogP contribution in [0.3, 0.4) is 0 Å². The fourth-order valence-corrected chi connectivity index (χ4v) is 3.92. The number of hydrogen-bond acceptors (Lipinski definition) is 4. The Morgan fingerprint density at radius 3 is 1.77 bits per heavy atom. The van der Waals surface area contributed by atoms with Crippen molar-refractivity contribution in [3.63, 3.8) is 0 Å². The van der Waals surface area contributed by atoms with E-state index in [4.69, 9.17) is 0 Å². The molecular weight excluding hydrogens is 405 g/mol. The van der Waals surface area contributed by atoms with Gasteiger partial charge >= 0.3 is 29.6 Å². The second-order valence-corrected chi connectivity index (χ2v) is 9.74. The molecule has 0 amide bonds. The molecule has 30 heavy (non-hydrogen) atoms. The Morgan fingerprint density at radius 2 is 1.30 bits per heavy atom. The molecule has 0 aromatic carbocycles. The number of hydrogen-bond donors (Lipinski definition) is 0. The molecule has 0 aromatic heterocycles. The van der Waals surface area contributed by atoms with Crippen molar-refractivity contribution in [1.82, 2.24) is 4.90 Å². The van der Waals surface area contributed by atoms with Gasteiger partial charge in [0.2, 0.25) is 0 Å². The summed E-state index contributed by atoms with van der Waals surface area (Å²) in [6, 6.07) is 0.0971. The molecular formula is C24H46NNaO3S. The van der Waals surface area contributed by atoms with E-state index in [2.05, 4.69) is 25.7 Å². The van der Waals surface area contributed by atoms with Crippen molar-refractivity contribution >= 4 is 10.1 Å². The van der Waals surface area contributed by atoms with Crippen molar-refractivity contribution in [3.8, 4) is 0 Å². The average Bonchev–Trinajstić information content (AvgIpc) is 2.68. The molecule has 1 unspecified atom stereocenters. The van der Waals surface area contributed by atoms with E-state index in [9.17, 15) is 13.0 Å². The summed E-state index contributed by atoms with van der Waals surface area (Å²) in [5.41, 5.74) is 0. The summed E-state index contributed by atoms with van der Waals surface area (Å²) in [6.45, 7) is 9.15. The van der Waals surface area contributed by atoms with Gasteiger partial charge < -0.3 is 4.55 Å². The molecule has 6 heteroatoms. The molecule has 0 bridgehead atoms. The zero-order chi connectivity index (χ0) is 21.8. The van der Waals surface area contributed by atoms with Gasteiger partial charge in [0, 0.05) is 12.6 Å². The third-order valence-electron chi connectivity index (χ3n) is 5.50. The number of unbranched alkanes of at least 4 members (excludes halogenated alkanes) is 12. The smallest absolute Gasteiger partial charge is 0.748 e. The van der Waals surface area contributed by atoms with Crippen LogP contribution < -0.4 is 29.6 Å². The predicted molar refractivity (Wildman–Crippen MR) is 125 cm³/mol. The van der Waals surface area contributed by atoms with Crippen LogP contribution in [-0.4, -0.2) is 42.8 Å². The van der Waals surface area contributed by atoms with E-state index < -0.39 is 10.1 Å². The van der Waals surface area contributed by atoms with E-state index in [-0.39, 0.29) is 41.4 Å². The van der Waals surface area contributed by atoms with E-state index in [0.29, 0.717) is 6.54 Å². The minimum Gasteiger partial charge on any atom is -0.748 e. The van der Waals surface area contributed by atoms with Crippen LogP contribution in [0.15, 0.2) is 24.8 Å². The van der Waals surface area contributed by atoms with Crippen LogP contribution in [0.1, 0.15) is 104 Å². The molecule has 0 aromatic rings. The summed E-state index contributed by atoms with van der Waals surface area (Å²) in [6.07, 6.45) is 24.4. The maximum Gasteiger partial charge on any atom is 1.00 e. The molecule has 0 aliphatic rings. The van der Waals surface area contributed by atoms with Crippen molar-refractivity contribution < 1.29 is 42.5 Å². The summed E-state index contributed by atoms with van der Waals surface area (Å²) in [4.78, 5) is 2.04. The normalized spacial score (nSPS) is 12.9. The first-order valence-corrected chi connectivity index (χ1v) is 13.4. The van der Waals surface area contributed by atoms with Crippen molar-refractivity contribution in [2.75, 3.05) is 18.8 Å². The van der Waals surface area contributed by atoms with Crippen molar-refractivity contribution in [3.05, 3.63) is 24.8 Å². The maximum absolute atomic E-state index is 10.9. The van der Waals surface area contributed by atoms with Crippen molar-refractivity contribution in [2.45, 2.75) is 110 Å². The summed E-state index contributed by atoms with van der Waals surface area (Å²) in [5, 5.41) is 0. The summed E-state index contributed by atoms with van der Waals surface area (Å²) >= 11 is 0. The summed E-state index contributed by atoms with van der Waals surface area (Å²) in [7, 11) is -4.15. The monoisotopic (exact) mass is 451 g/mol.